The Kier molecular flexibility index (Phi) is 4.40. The van der Waals surface area contributed by atoms with E-state index < -0.39 is 11.9 Å². The summed E-state index contributed by atoms with van der Waals surface area (Å²) in [5, 5.41) is 12.9. The highest BCUT2D eigenvalue weighted by atomic mass is 35.5. The summed E-state index contributed by atoms with van der Waals surface area (Å²) in [5.74, 6) is -0.424. The number of hydrogen-bond acceptors (Lipinski definition) is 2. The van der Waals surface area contributed by atoms with Gasteiger partial charge in [0.15, 0.2) is 0 Å². The first-order valence-corrected chi connectivity index (χ1v) is 6.37. The number of nitrogens with one attached hydrogen (secondary N) is 1. The maximum Gasteiger partial charge on any atom is 0.130 e. The van der Waals surface area contributed by atoms with E-state index in [4.69, 9.17) is 11.6 Å². The predicted molar refractivity (Wildman–Crippen MR) is 76.0 cm³/mol. The van der Waals surface area contributed by atoms with Crippen LogP contribution in [-0.2, 0) is 0 Å². The second kappa shape index (κ2) is 6.04. The SMILES string of the molecule is Cc1cccc(NC(CO)c2ccc(Cl)cc2F)c1. The van der Waals surface area contributed by atoms with Gasteiger partial charge in [0.05, 0.1) is 12.6 Å². The molecule has 0 saturated carbocycles. The molecule has 4 heteroatoms. The number of halogens is 2. The van der Waals surface area contributed by atoms with Gasteiger partial charge < -0.3 is 10.4 Å². The molecular weight excluding hydrogens is 265 g/mol. The molecule has 2 aromatic carbocycles. The van der Waals surface area contributed by atoms with Gasteiger partial charge in [0.1, 0.15) is 5.82 Å². The first kappa shape index (κ1) is 13.8. The van der Waals surface area contributed by atoms with Gasteiger partial charge in [-0.15, -0.1) is 0 Å². The lowest BCUT2D eigenvalue weighted by molar-refractivity contribution is 0.274. The summed E-state index contributed by atoms with van der Waals surface area (Å²) in [6.45, 7) is 1.77. The molecule has 0 heterocycles. The van der Waals surface area contributed by atoms with Gasteiger partial charge in [-0.3, -0.25) is 0 Å². The molecule has 100 valence electrons. The highest BCUT2D eigenvalue weighted by molar-refractivity contribution is 6.30. The van der Waals surface area contributed by atoms with Crippen molar-refractivity contribution in [3.63, 3.8) is 0 Å². The van der Waals surface area contributed by atoms with E-state index in [9.17, 15) is 9.50 Å². The second-order valence-electron chi connectivity index (χ2n) is 4.41. The molecule has 0 aromatic heterocycles. The van der Waals surface area contributed by atoms with Gasteiger partial charge in [0.25, 0.3) is 0 Å². The molecule has 1 unspecified atom stereocenters. The van der Waals surface area contributed by atoms with Gasteiger partial charge in [-0.25, -0.2) is 4.39 Å². The van der Waals surface area contributed by atoms with Crippen molar-refractivity contribution >= 4 is 17.3 Å². The summed E-state index contributed by atoms with van der Waals surface area (Å²) < 4.78 is 13.8. The summed E-state index contributed by atoms with van der Waals surface area (Å²) in [6.07, 6.45) is 0. The summed E-state index contributed by atoms with van der Waals surface area (Å²) in [6, 6.07) is 11.6. The minimum absolute atomic E-state index is 0.202. The van der Waals surface area contributed by atoms with E-state index in [0.29, 0.717) is 10.6 Å². The molecule has 19 heavy (non-hydrogen) atoms. The maximum atomic E-state index is 13.8. The van der Waals surface area contributed by atoms with Gasteiger partial charge in [0.2, 0.25) is 0 Å². The van der Waals surface area contributed by atoms with Crippen LogP contribution in [0.4, 0.5) is 10.1 Å². The average molecular weight is 280 g/mol. The number of aliphatic hydroxyl groups excluding tert-OH is 1. The highest BCUT2D eigenvalue weighted by Gasteiger charge is 2.15. The van der Waals surface area contributed by atoms with E-state index in [1.54, 1.807) is 12.1 Å². The van der Waals surface area contributed by atoms with E-state index in [1.807, 2.05) is 31.2 Å². The standard InChI is InChI=1S/C15H15ClFNO/c1-10-3-2-4-12(7-10)18-15(9-19)13-6-5-11(16)8-14(13)17/h2-8,15,18-19H,9H2,1H3. The van der Waals surface area contributed by atoms with Gasteiger partial charge >= 0.3 is 0 Å². The Labute approximate surface area is 116 Å². The molecule has 0 aliphatic heterocycles. The normalized spacial score (nSPS) is 12.2. The number of anilines is 1. The summed E-state index contributed by atoms with van der Waals surface area (Å²) in [7, 11) is 0. The number of rotatable bonds is 4. The minimum Gasteiger partial charge on any atom is -0.394 e. The van der Waals surface area contributed by atoms with E-state index in [1.165, 1.54) is 6.07 Å². The Balaban J connectivity index is 2.25. The molecule has 0 bridgehead atoms. The predicted octanol–water partition coefficient (Wildman–Crippen LogP) is 3.93. The van der Waals surface area contributed by atoms with Gasteiger partial charge in [-0.05, 0) is 36.8 Å². The van der Waals surface area contributed by atoms with Crippen molar-refractivity contribution in [3.8, 4) is 0 Å². The van der Waals surface area contributed by atoms with Crippen molar-refractivity contribution in [2.75, 3.05) is 11.9 Å². The van der Waals surface area contributed by atoms with Crippen molar-refractivity contribution in [1.29, 1.82) is 0 Å². The molecular formula is C15H15ClFNO. The zero-order valence-electron chi connectivity index (χ0n) is 10.5. The van der Waals surface area contributed by atoms with Gasteiger partial charge in [-0.1, -0.05) is 29.8 Å². The lowest BCUT2D eigenvalue weighted by atomic mass is 10.1. The van der Waals surface area contributed by atoms with E-state index >= 15 is 0 Å². The molecule has 0 saturated heterocycles. The molecule has 0 aliphatic rings. The van der Waals surface area contributed by atoms with E-state index in [-0.39, 0.29) is 6.61 Å². The Morgan fingerprint density at radius 1 is 1.26 bits per heavy atom. The monoisotopic (exact) mass is 279 g/mol. The molecule has 2 rings (SSSR count). The zero-order chi connectivity index (χ0) is 13.8. The Morgan fingerprint density at radius 3 is 2.68 bits per heavy atom. The van der Waals surface area contributed by atoms with Crippen LogP contribution in [-0.4, -0.2) is 11.7 Å². The summed E-state index contributed by atoms with van der Waals surface area (Å²) in [4.78, 5) is 0. The Hall–Kier alpha value is -1.58. The van der Waals surface area contributed by atoms with Crippen LogP contribution >= 0.6 is 11.6 Å². The fraction of sp³-hybridized carbons (Fsp3) is 0.200. The molecule has 0 amide bonds. The number of benzene rings is 2. The van der Waals surface area contributed by atoms with E-state index in [2.05, 4.69) is 5.32 Å². The summed E-state index contributed by atoms with van der Waals surface area (Å²) in [5.41, 5.74) is 2.33. The molecule has 0 aliphatic carbocycles. The maximum absolute atomic E-state index is 13.8. The quantitative estimate of drug-likeness (QED) is 0.889. The van der Waals surface area contributed by atoms with Crippen LogP contribution in [0.3, 0.4) is 0 Å². The van der Waals surface area contributed by atoms with Crippen LogP contribution in [0.2, 0.25) is 5.02 Å². The summed E-state index contributed by atoms with van der Waals surface area (Å²) >= 11 is 5.72. The molecule has 0 fully saturated rings. The molecule has 1 atom stereocenters. The fourth-order valence-corrected chi connectivity index (χ4v) is 2.10. The van der Waals surface area contributed by atoms with Crippen molar-refractivity contribution < 1.29 is 9.50 Å². The van der Waals surface area contributed by atoms with Crippen LogP contribution in [0.5, 0.6) is 0 Å². The van der Waals surface area contributed by atoms with Crippen molar-refractivity contribution in [2.24, 2.45) is 0 Å². The second-order valence-corrected chi connectivity index (χ2v) is 4.85. The molecule has 0 spiro atoms. The van der Waals surface area contributed by atoms with Crippen molar-refractivity contribution in [2.45, 2.75) is 13.0 Å². The lowest BCUT2D eigenvalue weighted by Crippen LogP contribution is -2.16. The van der Waals surface area contributed by atoms with Crippen LogP contribution in [0.15, 0.2) is 42.5 Å². The van der Waals surface area contributed by atoms with Crippen LogP contribution in [0, 0.1) is 12.7 Å². The third-order valence-electron chi connectivity index (χ3n) is 2.88. The zero-order valence-corrected chi connectivity index (χ0v) is 11.3. The lowest BCUT2D eigenvalue weighted by Gasteiger charge is -2.19. The largest absolute Gasteiger partial charge is 0.394 e. The van der Waals surface area contributed by atoms with Crippen molar-refractivity contribution in [3.05, 3.63) is 64.4 Å². The number of aliphatic hydroxyl groups is 1. The average Bonchev–Trinajstić information content (AvgIpc) is 2.37. The Bertz CT molecular complexity index is 574. The number of aryl methyl sites for hydroxylation is 1. The first-order chi connectivity index (χ1) is 9.10. The first-order valence-electron chi connectivity index (χ1n) is 5.99. The van der Waals surface area contributed by atoms with Crippen LogP contribution in [0.25, 0.3) is 0 Å². The minimum atomic E-state index is -0.501. The molecule has 2 aromatic rings. The number of hydrogen-bond donors (Lipinski definition) is 2. The third-order valence-corrected chi connectivity index (χ3v) is 3.11. The van der Waals surface area contributed by atoms with E-state index in [0.717, 1.165) is 11.3 Å². The topological polar surface area (TPSA) is 32.3 Å². The van der Waals surface area contributed by atoms with Crippen LogP contribution in [0.1, 0.15) is 17.2 Å². The fourth-order valence-electron chi connectivity index (χ4n) is 1.94. The third kappa shape index (κ3) is 3.46. The van der Waals surface area contributed by atoms with Crippen molar-refractivity contribution in [1.82, 2.24) is 0 Å². The molecule has 2 N–H and O–H groups in total. The smallest absolute Gasteiger partial charge is 0.130 e. The Morgan fingerprint density at radius 2 is 2.05 bits per heavy atom. The molecule has 0 radical (unpaired) electrons. The molecule has 2 nitrogen and oxygen atoms in total. The van der Waals surface area contributed by atoms with Gasteiger partial charge in [0, 0.05) is 16.3 Å². The highest BCUT2D eigenvalue weighted by Crippen LogP contribution is 2.24. The van der Waals surface area contributed by atoms with Crippen LogP contribution < -0.4 is 5.32 Å². The van der Waals surface area contributed by atoms with Gasteiger partial charge in [-0.2, -0.15) is 0 Å².